The third-order valence-corrected chi connectivity index (χ3v) is 4.44. The minimum atomic E-state index is -0.00894. The van der Waals surface area contributed by atoms with Gasteiger partial charge >= 0.3 is 0 Å². The molecule has 0 bridgehead atoms. The van der Waals surface area contributed by atoms with Crippen molar-refractivity contribution in [3.63, 3.8) is 0 Å². The number of aryl methyl sites for hydroxylation is 1. The fraction of sp³-hybridized carbons (Fsp3) is 0.389. The number of hydrogen-bond acceptors (Lipinski definition) is 4. The highest BCUT2D eigenvalue weighted by atomic mass is 127. The molecule has 2 heterocycles. The Bertz CT molecular complexity index is 807. The molecule has 1 fully saturated rings. The van der Waals surface area contributed by atoms with Crippen LogP contribution < -0.4 is 20.3 Å². The Balaban J connectivity index is 0.00000261. The second-order valence-corrected chi connectivity index (χ2v) is 6.20. The van der Waals surface area contributed by atoms with E-state index < -0.39 is 0 Å². The number of H-pyrrole nitrogens is 1. The topological polar surface area (TPSA) is 94.6 Å². The molecule has 1 saturated heterocycles. The highest BCUT2D eigenvalue weighted by molar-refractivity contribution is 14.0. The Hall–Kier alpha value is -2.30. The van der Waals surface area contributed by atoms with E-state index in [0.29, 0.717) is 25.5 Å². The second kappa shape index (κ2) is 9.58. The number of halogens is 1. The van der Waals surface area contributed by atoms with Gasteiger partial charge in [0.05, 0.1) is 19.3 Å². The molecule has 2 aromatic rings. The van der Waals surface area contributed by atoms with E-state index in [9.17, 15) is 4.79 Å². The molecule has 1 aromatic heterocycles. The molecule has 1 unspecified atom stereocenters. The quantitative estimate of drug-likeness (QED) is 0.342. The van der Waals surface area contributed by atoms with E-state index in [4.69, 9.17) is 4.74 Å². The van der Waals surface area contributed by atoms with Gasteiger partial charge in [-0.3, -0.25) is 14.9 Å². The lowest BCUT2D eigenvalue weighted by atomic mass is 10.2. The van der Waals surface area contributed by atoms with Crippen molar-refractivity contribution in [3.05, 3.63) is 41.7 Å². The van der Waals surface area contributed by atoms with Gasteiger partial charge in [0.2, 0.25) is 5.91 Å². The van der Waals surface area contributed by atoms with Crippen LogP contribution in [0, 0.1) is 6.92 Å². The fourth-order valence-corrected chi connectivity index (χ4v) is 2.95. The Labute approximate surface area is 175 Å². The molecule has 27 heavy (non-hydrogen) atoms. The van der Waals surface area contributed by atoms with E-state index in [-0.39, 0.29) is 35.9 Å². The van der Waals surface area contributed by atoms with Gasteiger partial charge in [0.1, 0.15) is 5.75 Å². The van der Waals surface area contributed by atoms with Crippen molar-refractivity contribution < 1.29 is 9.53 Å². The first-order valence-corrected chi connectivity index (χ1v) is 8.51. The van der Waals surface area contributed by atoms with Crippen LogP contribution >= 0.6 is 24.0 Å². The van der Waals surface area contributed by atoms with Crippen LogP contribution in [0.1, 0.15) is 17.7 Å². The van der Waals surface area contributed by atoms with Crippen molar-refractivity contribution in [1.29, 1.82) is 0 Å². The number of aromatic nitrogens is 2. The lowest BCUT2D eigenvalue weighted by molar-refractivity contribution is -0.117. The van der Waals surface area contributed by atoms with E-state index in [1.165, 1.54) is 0 Å². The number of aromatic amines is 1. The first kappa shape index (κ1) is 21.0. The van der Waals surface area contributed by atoms with Crippen molar-refractivity contribution in [2.45, 2.75) is 25.9 Å². The number of nitrogens with one attached hydrogen (secondary N) is 3. The van der Waals surface area contributed by atoms with E-state index in [2.05, 4.69) is 25.8 Å². The van der Waals surface area contributed by atoms with Gasteiger partial charge < -0.3 is 20.3 Å². The monoisotopic (exact) mass is 484 g/mol. The summed E-state index contributed by atoms with van der Waals surface area (Å²) in [5.74, 6) is 1.48. The molecule has 0 radical (unpaired) electrons. The van der Waals surface area contributed by atoms with Crippen LogP contribution in [0.25, 0.3) is 0 Å². The van der Waals surface area contributed by atoms with Crippen molar-refractivity contribution in [3.8, 4) is 5.75 Å². The minimum absolute atomic E-state index is 0. The molecule has 1 aliphatic rings. The van der Waals surface area contributed by atoms with E-state index in [0.717, 1.165) is 22.7 Å². The summed E-state index contributed by atoms with van der Waals surface area (Å²) in [4.78, 5) is 18.4. The number of amides is 1. The third-order valence-electron chi connectivity index (χ3n) is 4.44. The lowest BCUT2D eigenvalue weighted by Gasteiger charge is -2.19. The summed E-state index contributed by atoms with van der Waals surface area (Å²) in [5, 5.41) is 13.5. The third kappa shape index (κ3) is 5.12. The van der Waals surface area contributed by atoms with Crippen LogP contribution in [0.4, 0.5) is 5.69 Å². The van der Waals surface area contributed by atoms with E-state index >= 15 is 0 Å². The van der Waals surface area contributed by atoms with Crippen molar-refractivity contribution in [1.82, 2.24) is 20.8 Å². The number of aliphatic imine (C=N–C) groups is 1. The minimum Gasteiger partial charge on any atom is -0.497 e. The second-order valence-electron chi connectivity index (χ2n) is 6.20. The number of guanidine groups is 1. The Morgan fingerprint density at radius 1 is 1.48 bits per heavy atom. The van der Waals surface area contributed by atoms with Gasteiger partial charge in [-0.05, 0) is 19.1 Å². The zero-order valence-electron chi connectivity index (χ0n) is 15.7. The van der Waals surface area contributed by atoms with Gasteiger partial charge in [-0.2, -0.15) is 5.10 Å². The molecule has 0 saturated carbocycles. The largest absolute Gasteiger partial charge is 0.497 e. The summed E-state index contributed by atoms with van der Waals surface area (Å²) in [6, 6.07) is 7.52. The number of ether oxygens (including phenoxy) is 1. The zero-order chi connectivity index (χ0) is 18.5. The molecule has 9 heteroatoms. The van der Waals surface area contributed by atoms with Gasteiger partial charge in [-0.25, -0.2) is 0 Å². The number of benzene rings is 1. The molecule has 3 N–H and O–H groups in total. The van der Waals surface area contributed by atoms with Crippen LogP contribution in [0.3, 0.4) is 0 Å². The maximum atomic E-state index is 12.4. The number of methoxy groups -OCH3 is 1. The van der Waals surface area contributed by atoms with Gasteiger partial charge in [-0.15, -0.1) is 24.0 Å². The molecule has 146 valence electrons. The first-order chi connectivity index (χ1) is 12.6. The van der Waals surface area contributed by atoms with Crippen LogP contribution in [-0.4, -0.2) is 48.8 Å². The Kier molecular flexibility index (Phi) is 7.45. The van der Waals surface area contributed by atoms with Gasteiger partial charge in [0.25, 0.3) is 0 Å². The number of rotatable bonds is 5. The standard InChI is InChI=1S/C18H24N6O2.HI/c1-12-13(10-21-23-12)9-20-18(19-2)22-14-7-17(25)24(11-14)15-5-4-6-16(8-15)26-3;/h4-6,8,10,14H,7,9,11H2,1-3H3,(H,21,23)(H2,19,20,22);1H. The van der Waals surface area contributed by atoms with Crippen LogP contribution in [0.5, 0.6) is 5.75 Å². The number of anilines is 1. The van der Waals surface area contributed by atoms with Crippen LogP contribution in [0.2, 0.25) is 0 Å². The van der Waals surface area contributed by atoms with Gasteiger partial charge in [0, 0.05) is 49.6 Å². The molecule has 0 aliphatic carbocycles. The summed E-state index contributed by atoms with van der Waals surface area (Å²) < 4.78 is 5.25. The maximum Gasteiger partial charge on any atom is 0.229 e. The highest BCUT2D eigenvalue weighted by Crippen LogP contribution is 2.25. The SMILES string of the molecule is CN=C(NCc1cn[nH]c1C)NC1CC(=O)N(c2cccc(OC)c2)C1.I. The summed E-state index contributed by atoms with van der Waals surface area (Å²) in [6.45, 7) is 3.17. The van der Waals surface area contributed by atoms with Crippen molar-refractivity contribution in [2.24, 2.45) is 4.99 Å². The smallest absolute Gasteiger partial charge is 0.229 e. The fourth-order valence-electron chi connectivity index (χ4n) is 2.95. The molecule has 1 aliphatic heterocycles. The number of carbonyl (C=O) groups is 1. The number of nitrogens with zero attached hydrogens (tertiary/aromatic N) is 3. The van der Waals surface area contributed by atoms with E-state index in [1.807, 2.05) is 31.2 Å². The molecule has 1 amide bonds. The molecule has 0 spiro atoms. The van der Waals surface area contributed by atoms with Crippen LogP contribution in [-0.2, 0) is 11.3 Å². The molecular formula is C18H25IN6O2. The molecular weight excluding hydrogens is 459 g/mol. The molecule has 1 aromatic carbocycles. The summed E-state index contributed by atoms with van der Waals surface area (Å²) in [7, 11) is 3.33. The summed E-state index contributed by atoms with van der Waals surface area (Å²) in [6.07, 6.45) is 2.21. The normalized spacial score (nSPS) is 16.9. The van der Waals surface area contributed by atoms with Crippen molar-refractivity contribution >= 4 is 41.5 Å². The highest BCUT2D eigenvalue weighted by Gasteiger charge is 2.31. The van der Waals surface area contributed by atoms with Crippen molar-refractivity contribution in [2.75, 3.05) is 25.6 Å². The average Bonchev–Trinajstić information content (AvgIpc) is 3.23. The summed E-state index contributed by atoms with van der Waals surface area (Å²) in [5.41, 5.74) is 2.94. The molecule has 3 rings (SSSR count). The number of hydrogen-bond donors (Lipinski definition) is 3. The molecule has 8 nitrogen and oxygen atoms in total. The van der Waals surface area contributed by atoms with Crippen LogP contribution in [0.15, 0.2) is 35.5 Å². The first-order valence-electron chi connectivity index (χ1n) is 8.51. The zero-order valence-corrected chi connectivity index (χ0v) is 18.0. The van der Waals surface area contributed by atoms with E-state index in [1.54, 1.807) is 25.3 Å². The average molecular weight is 484 g/mol. The predicted octanol–water partition coefficient (Wildman–Crippen LogP) is 1.82. The number of carbonyl (C=O) groups excluding carboxylic acids is 1. The maximum absolute atomic E-state index is 12.4. The Morgan fingerprint density at radius 3 is 2.96 bits per heavy atom. The lowest BCUT2D eigenvalue weighted by Crippen LogP contribution is -2.44. The predicted molar refractivity (Wildman–Crippen MR) is 116 cm³/mol. The Morgan fingerprint density at radius 2 is 2.30 bits per heavy atom. The van der Waals surface area contributed by atoms with Gasteiger partial charge in [0.15, 0.2) is 5.96 Å². The summed E-state index contributed by atoms with van der Waals surface area (Å²) >= 11 is 0. The van der Waals surface area contributed by atoms with Gasteiger partial charge in [-0.1, -0.05) is 6.07 Å². The molecule has 1 atom stereocenters.